The number of rotatable bonds is 11. The molecule has 0 saturated carbocycles. The Morgan fingerprint density at radius 2 is 1.88 bits per heavy atom. The Bertz CT molecular complexity index is 762. The number of nitrogens with zero attached hydrogens (tertiary/aromatic N) is 2. The highest BCUT2D eigenvalue weighted by Crippen LogP contribution is 2.14. The zero-order chi connectivity index (χ0) is 21.7. The van der Waals surface area contributed by atoms with Crippen LogP contribution >= 0.6 is 24.0 Å². The van der Waals surface area contributed by atoms with E-state index in [2.05, 4.69) is 34.6 Å². The van der Waals surface area contributed by atoms with E-state index in [-0.39, 0.29) is 24.0 Å². The molecule has 178 valence electrons. The molecule has 7 nitrogen and oxygen atoms in total. The van der Waals surface area contributed by atoms with Gasteiger partial charge in [-0.15, -0.1) is 24.0 Å². The zero-order valence-corrected chi connectivity index (χ0v) is 21.5. The van der Waals surface area contributed by atoms with E-state index >= 15 is 0 Å². The van der Waals surface area contributed by atoms with E-state index in [1.807, 2.05) is 24.3 Å². The summed E-state index contributed by atoms with van der Waals surface area (Å²) in [5.41, 5.74) is 1.30. The van der Waals surface area contributed by atoms with E-state index in [0.717, 1.165) is 82.8 Å². The van der Waals surface area contributed by atoms with Crippen LogP contribution in [0.15, 0.2) is 52.1 Å². The number of methoxy groups -OCH3 is 1. The van der Waals surface area contributed by atoms with E-state index in [0.29, 0.717) is 5.92 Å². The quantitative estimate of drug-likeness (QED) is 0.252. The molecule has 1 aliphatic rings. The highest BCUT2D eigenvalue weighted by Gasteiger charge is 2.10. The first-order valence-corrected chi connectivity index (χ1v) is 11.2. The molecule has 1 atom stereocenters. The maximum Gasteiger partial charge on any atom is 0.191 e. The van der Waals surface area contributed by atoms with Gasteiger partial charge < -0.3 is 24.5 Å². The van der Waals surface area contributed by atoms with Gasteiger partial charge in [-0.05, 0) is 42.2 Å². The molecule has 0 bridgehead atoms. The van der Waals surface area contributed by atoms with Gasteiger partial charge in [0.15, 0.2) is 5.96 Å². The minimum Gasteiger partial charge on any atom is -0.497 e. The molecule has 1 saturated heterocycles. The number of ether oxygens (including phenoxy) is 2. The van der Waals surface area contributed by atoms with Crippen molar-refractivity contribution in [2.45, 2.75) is 19.8 Å². The van der Waals surface area contributed by atoms with Crippen LogP contribution in [0.2, 0.25) is 0 Å². The Morgan fingerprint density at radius 3 is 2.56 bits per heavy atom. The molecule has 32 heavy (non-hydrogen) atoms. The van der Waals surface area contributed by atoms with Crippen molar-refractivity contribution < 1.29 is 13.9 Å². The number of hydrogen-bond acceptors (Lipinski definition) is 5. The first-order chi connectivity index (χ1) is 15.2. The first kappa shape index (κ1) is 26.5. The first-order valence-electron chi connectivity index (χ1n) is 11.2. The summed E-state index contributed by atoms with van der Waals surface area (Å²) >= 11 is 0. The largest absolute Gasteiger partial charge is 0.497 e. The fourth-order valence-electron chi connectivity index (χ4n) is 3.57. The lowest BCUT2D eigenvalue weighted by Crippen LogP contribution is -2.45. The van der Waals surface area contributed by atoms with E-state index in [4.69, 9.17) is 18.9 Å². The van der Waals surface area contributed by atoms with Crippen LogP contribution in [0.1, 0.15) is 18.2 Å². The number of halogens is 1. The van der Waals surface area contributed by atoms with E-state index in [1.165, 1.54) is 5.56 Å². The molecule has 1 aromatic carbocycles. The average Bonchev–Trinajstić information content (AvgIpc) is 3.32. The van der Waals surface area contributed by atoms with Crippen molar-refractivity contribution in [3.05, 3.63) is 54.0 Å². The molecule has 1 fully saturated rings. The van der Waals surface area contributed by atoms with Gasteiger partial charge in [0.1, 0.15) is 11.5 Å². The van der Waals surface area contributed by atoms with Gasteiger partial charge in [0.2, 0.25) is 0 Å². The molecule has 1 aliphatic heterocycles. The maximum atomic E-state index is 5.43. The summed E-state index contributed by atoms with van der Waals surface area (Å²) < 4.78 is 16.1. The van der Waals surface area contributed by atoms with Gasteiger partial charge in [-0.2, -0.15) is 0 Å². The lowest BCUT2D eigenvalue weighted by molar-refractivity contribution is 0.0389. The standard InChI is InChI=1S/C24H36N4O3.HI/c1-20(18-21-5-7-22(29-2)8-6-21)19-27-24(25-10-9-23-4-3-15-31-23)26-11-12-28-13-16-30-17-14-28;/h3-8,15,20H,9-14,16-19H2,1-2H3,(H2,25,26,27);1H. The molecular weight excluding hydrogens is 519 g/mol. The van der Waals surface area contributed by atoms with E-state index < -0.39 is 0 Å². The third-order valence-electron chi connectivity index (χ3n) is 5.37. The van der Waals surface area contributed by atoms with Crippen molar-refractivity contribution in [3.8, 4) is 5.75 Å². The SMILES string of the molecule is COc1ccc(CC(C)CN=C(NCCc2ccco2)NCCN2CCOCC2)cc1.I. The second-order valence-electron chi connectivity index (χ2n) is 7.98. The summed E-state index contributed by atoms with van der Waals surface area (Å²) in [6.45, 7) is 9.28. The van der Waals surface area contributed by atoms with Crippen LogP contribution < -0.4 is 15.4 Å². The zero-order valence-electron chi connectivity index (χ0n) is 19.2. The molecule has 8 heteroatoms. The molecule has 0 radical (unpaired) electrons. The number of morpholine rings is 1. The molecule has 0 aliphatic carbocycles. The molecule has 3 rings (SSSR count). The van der Waals surface area contributed by atoms with Crippen LogP contribution in [0, 0.1) is 5.92 Å². The van der Waals surface area contributed by atoms with Gasteiger partial charge in [-0.1, -0.05) is 19.1 Å². The van der Waals surface area contributed by atoms with Gasteiger partial charge in [0, 0.05) is 45.7 Å². The van der Waals surface area contributed by atoms with Gasteiger partial charge in [-0.3, -0.25) is 9.89 Å². The molecule has 1 aromatic heterocycles. The minimum absolute atomic E-state index is 0. The Labute approximate surface area is 209 Å². The van der Waals surface area contributed by atoms with Gasteiger partial charge in [0.05, 0.1) is 26.6 Å². The summed E-state index contributed by atoms with van der Waals surface area (Å²) in [7, 11) is 1.69. The van der Waals surface area contributed by atoms with E-state index in [9.17, 15) is 0 Å². The maximum absolute atomic E-state index is 5.43. The van der Waals surface area contributed by atoms with E-state index in [1.54, 1.807) is 13.4 Å². The Balaban J connectivity index is 0.00000363. The molecular formula is C24H37IN4O3. The van der Waals surface area contributed by atoms with Crippen LogP contribution in [-0.2, 0) is 17.6 Å². The summed E-state index contributed by atoms with van der Waals surface area (Å²) in [5.74, 6) is 3.17. The molecule has 2 N–H and O–H groups in total. The Kier molecular flexibility index (Phi) is 12.5. The third kappa shape index (κ3) is 9.79. The second kappa shape index (κ2) is 15.1. The number of aliphatic imine (C=N–C) groups is 1. The number of guanidine groups is 1. The summed E-state index contributed by atoms with van der Waals surface area (Å²) in [4.78, 5) is 7.27. The lowest BCUT2D eigenvalue weighted by Gasteiger charge is -2.26. The van der Waals surface area contributed by atoms with Crippen molar-refractivity contribution in [2.24, 2.45) is 10.9 Å². The normalized spacial score (nSPS) is 15.6. The van der Waals surface area contributed by atoms with Crippen LogP contribution in [0.5, 0.6) is 5.75 Å². The molecule has 1 unspecified atom stereocenters. The van der Waals surface area contributed by atoms with Crippen molar-refractivity contribution in [1.82, 2.24) is 15.5 Å². The smallest absolute Gasteiger partial charge is 0.191 e. The number of nitrogens with one attached hydrogen (secondary N) is 2. The third-order valence-corrected chi connectivity index (χ3v) is 5.37. The Morgan fingerprint density at radius 1 is 1.12 bits per heavy atom. The molecule has 0 amide bonds. The summed E-state index contributed by atoms with van der Waals surface area (Å²) in [5, 5.41) is 6.94. The predicted molar refractivity (Wildman–Crippen MR) is 139 cm³/mol. The highest BCUT2D eigenvalue weighted by molar-refractivity contribution is 14.0. The van der Waals surface area contributed by atoms with Gasteiger partial charge in [-0.25, -0.2) is 0 Å². The van der Waals surface area contributed by atoms with Crippen molar-refractivity contribution in [3.63, 3.8) is 0 Å². The van der Waals surface area contributed by atoms with Gasteiger partial charge in [0.25, 0.3) is 0 Å². The average molecular weight is 556 g/mol. The van der Waals surface area contributed by atoms with Crippen molar-refractivity contribution >= 4 is 29.9 Å². The molecule has 0 spiro atoms. The minimum atomic E-state index is 0. The van der Waals surface area contributed by atoms with Crippen molar-refractivity contribution in [2.75, 3.05) is 59.6 Å². The topological polar surface area (TPSA) is 71.3 Å². The fourth-order valence-corrected chi connectivity index (χ4v) is 3.57. The highest BCUT2D eigenvalue weighted by atomic mass is 127. The predicted octanol–water partition coefficient (Wildman–Crippen LogP) is 3.19. The van der Waals surface area contributed by atoms with Crippen molar-refractivity contribution in [1.29, 1.82) is 0 Å². The van der Waals surface area contributed by atoms with Crippen LogP contribution in [0.4, 0.5) is 0 Å². The van der Waals surface area contributed by atoms with Crippen LogP contribution in [0.3, 0.4) is 0 Å². The molecule has 2 heterocycles. The number of furan rings is 1. The summed E-state index contributed by atoms with van der Waals surface area (Å²) in [6, 6.07) is 12.2. The summed E-state index contributed by atoms with van der Waals surface area (Å²) in [6.07, 6.45) is 3.53. The van der Waals surface area contributed by atoms with Crippen LogP contribution in [0.25, 0.3) is 0 Å². The number of hydrogen-bond donors (Lipinski definition) is 2. The monoisotopic (exact) mass is 556 g/mol. The Hall–Kier alpha value is -1.78. The number of benzene rings is 1. The van der Waals surface area contributed by atoms with Gasteiger partial charge >= 0.3 is 0 Å². The molecule has 2 aromatic rings. The lowest BCUT2D eigenvalue weighted by atomic mass is 10.0. The second-order valence-corrected chi connectivity index (χ2v) is 7.98. The van der Waals surface area contributed by atoms with Crippen LogP contribution in [-0.4, -0.2) is 70.5 Å². The fraction of sp³-hybridized carbons (Fsp3) is 0.542.